The van der Waals surface area contributed by atoms with E-state index in [2.05, 4.69) is 5.10 Å². The molecule has 0 N–H and O–H groups in total. The van der Waals surface area contributed by atoms with Gasteiger partial charge in [0.05, 0.1) is 54.5 Å². The molecule has 11 nitrogen and oxygen atoms in total. The van der Waals surface area contributed by atoms with Crippen LogP contribution in [0.4, 0.5) is 11.4 Å². The van der Waals surface area contributed by atoms with Crippen LogP contribution in [-0.4, -0.2) is 77.0 Å². The van der Waals surface area contributed by atoms with Gasteiger partial charge in [-0.2, -0.15) is 5.10 Å². The summed E-state index contributed by atoms with van der Waals surface area (Å²) in [7, 11) is 3.20. The Labute approximate surface area is 266 Å². The van der Waals surface area contributed by atoms with Crippen LogP contribution in [-0.2, 0) is 11.3 Å². The first-order valence-electron chi connectivity index (χ1n) is 15.3. The van der Waals surface area contributed by atoms with Crippen molar-refractivity contribution in [3.8, 4) is 22.8 Å². The number of anilines is 2. The van der Waals surface area contributed by atoms with Crippen molar-refractivity contribution in [3.05, 3.63) is 90.4 Å². The zero-order valence-corrected chi connectivity index (χ0v) is 25.8. The Balaban J connectivity index is 1.20. The second-order valence-corrected chi connectivity index (χ2v) is 11.5. The maximum absolute atomic E-state index is 13.2. The number of nitrogens with zero attached hydrogens (tertiary/aromatic N) is 6. The Hall–Kier alpha value is -5.29. The number of ether oxygens (including phenoxy) is 3. The number of imide groups is 1. The molecule has 0 radical (unpaired) electrons. The minimum absolute atomic E-state index is 0.169. The van der Waals surface area contributed by atoms with Gasteiger partial charge < -0.3 is 19.1 Å². The van der Waals surface area contributed by atoms with Crippen molar-refractivity contribution < 1.29 is 23.8 Å². The van der Waals surface area contributed by atoms with Crippen LogP contribution in [0.3, 0.4) is 0 Å². The van der Waals surface area contributed by atoms with Crippen molar-refractivity contribution in [2.45, 2.75) is 19.4 Å². The minimum Gasteiger partial charge on any atom is -0.497 e. The normalized spacial score (nSPS) is 15.0. The lowest BCUT2D eigenvalue weighted by molar-refractivity contribution is 0.0601. The van der Waals surface area contributed by atoms with Crippen molar-refractivity contribution in [3.63, 3.8) is 0 Å². The Morgan fingerprint density at radius 3 is 2.28 bits per heavy atom. The highest BCUT2D eigenvalue weighted by molar-refractivity contribution is 6.21. The van der Waals surface area contributed by atoms with Crippen LogP contribution in [0.1, 0.15) is 33.6 Å². The van der Waals surface area contributed by atoms with E-state index in [0.717, 1.165) is 60.7 Å². The third-order valence-electron chi connectivity index (χ3n) is 8.63. The molecule has 7 rings (SSSR count). The summed E-state index contributed by atoms with van der Waals surface area (Å²) in [5.74, 6) is 1.18. The zero-order valence-electron chi connectivity index (χ0n) is 25.8. The van der Waals surface area contributed by atoms with E-state index in [-0.39, 0.29) is 18.4 Å². The average molecular weight is 619 g/mol. The molecule has 1 saturated heterocycles. The molecule has 2 aliphatic rings. The quantitative estimate of drug-likeness (QED) is 0.191. The molecule has 4 heterocycles. The van der Waals surface area contributed by atoms with Crippen molar-refractivity contribution in [1.82, 2.24) is 24.6 Å². The first kappa shape index (κ1) is 29.4. The number of amides is 2. The van der Waals surface area contributed by atoms with Gasteiger partial charge in [-0.15, -0.1) is 0 Å². The van der Waals surface area contributed by atoms with E-state index in [9.17, 15) is 9.59 Å². The molecule has 0 aliphatic carbocycles. The fourth-order valence-corrected chi connectivity index (χ4v) is 6.09. The molecule has 46 heavy (non-hydrogen) atoms. The van der Waals surface area contributed by atoms with Crippen LogP contribution in [0.2, 0.25) is 0 Å². The summed E-state index contributed by atoms with van der Waals surface area (Å²) in [5.41, 5.74) is 5.49. The first-order valence-corrected chi connectivity index (χ1v) is 15.3. The fourth-order valence-electron chi connectivity index (χ4n) is 6.09. The Morgan fingerprint density at radius 1 is 0.870 bits per heavy atom. The van der Waals surface area contributed by atoms with Crippen LogP contribution < -0.4 is 14.4 Å². The predicted molar refractivity (Wildman–Crippen MR) is 173 cm³/mol. The summed E-state index contributed by atoms with van der Waals surface area (Å²) < 4.78 is 18.6. The van der Waals surface area contributed by atoms with Crippen LogP contribution in [0.25, 0.3) is 22.3 Å². The second-order valence-electron chi connectivity index (χ2n) is 11.5. The van der Waals surface area contributed by atoms with E-state index >= 15 is 0 Å². The third-order valence-corrected chi connectivity index (χ3v) is 8.63. The molecule has 3 aromatic carbocycles. The number of fused-ring (bicyclic) bond motifs is 2. The van der Waals surface area contributed by atoms with Gasteiger partial charge in [0.1, 0.15) is 11.5 Å². The monoisotopic (exact) mass is 618 g/mol. The zero-order chi connectivity index (χ0) is 31.6. The average Bonchev–Trinajstić information content (AvgIpc) is 3.66. The predicted octanol–water partition coefficient (Wildman–Crippen LogP) is 5.37. The number of hydrogen-bond donors (Lipinski definition) is 0. The highest BCUT2D eigenvalue weighted by Crippen LogP contribution is 2.35. The number of benzene rings is 3. The van der Waals surface area contributed by atoms with E-state index in [1.807, 2.05) is 52.3 Å². The van der Waals surface area contributed by atoms with Gasteiger partial charge in [-0.25, -0.2) is 4.98 Å². The van der Waals surface area contributed by atoms with Crippen LogP contribution >= 0.6 is 0 Å². The molecule has 1 fully saturated rings. The first-order chi connectivity index (χ1) is 22.5. The number of aromatic nitrogens is 4. The van der Waals surface area contributed by atoms with Crippen molar-refractivity contribution in [2.24, 2.45) is 5.92 Å². The maximum Gasteiger partial charge on any atom is 0.261 e. The van der Waals surface area contributed by atoms with E-state index < -0.39 is 0 Å². The standard InChI is InChI=1S/C35H34N6O5/c1-44-27-15-26(16-28(18-27)45-2)40(11-12-41-34(42)29-5-3-4-6-30(29)35(41)43)25-7-8-31-32(17-25)38-33(20-36-31)24-19-37-39(22-24)21-23-9-13-46-14-10-23/h3-8,15-20,22-23H,9-14,21H2,1-2H3. The largest absolute Gasteiger partial charge is 0.497 e. The highest BCUT2D eigenvalue weighted by atomic mass is 16.5. The van der Waals surface area contributed by atoms with Gasteiger partial charge in [-0.1, -0.05) is 12.1 Å². The highest BCUT2D eigenvalue weighted by Gasteiger charge is 2.35. The molecule has 0 spiro atoms. The van der Waals surface area contributed by atoms with Crippen LogP contribution in [0, 0.1) is 5.92 Å². The molecule has 2 aromatic heterocycles. The Kier molecular flexibility index (Phi) is 8.06. The molecule has 5 aromatic rings. The minimum atomic E-state index is -0.296. The molecule has 2 amide bonds. The molecule has 0 bridgehead atoms. The van der Waals surface area contributed by atoms with Gasteiger partial charge in [0.15, 0.2) is 0 Å². The lowest BCUT2D eigenvalue weighted by atomic mass is 10.0. The number of methoxy groups -OCH3 is 2. The van der Waals surface area contributed by atoms with Crippen molar-refractivity contribution in [1.29, 1.82) is 0 Å². The number of carbonyl (C=O) groups is 2. The third kappa shape index (κ3) is 5.77. The summed E-state index contributed by atoms with van der Waals surface area (Å²) in [5, 5.41) is 4.59. The van der Waals surface area contributed by atoms with E-state index in [0.29, 0.717) is 40.6 Å². The molecular weight excluding hydrogens is 584 g/mol. The fraction of sp³-hybridized carbons (Fsp3) is 0.286. The number of rotatable bonds is 10. The summed E-state index contributed by atoms with van der Waals surface area (Å²) >= 11 is 0. The molecular formula is C35H34N6O5. The van der Waals surface area contributed by atoms with Crippen molar-refractivity contribution in [2.75, 3.05) is 45.4 Å². The molecule has 0 atom stereocenters. The number of hydrogen-bond acceptors (Lipinski definition) is 9. The smallest absolute Gasteiger partial charge is 0.261 e. The molecule has 0 unspecified atom stereocenters. The molecule has 234 valence electrons. The van der Waals surface area contributed by atoms with Gasteiger partial charge >= 0.3 is 0 Å². The van der Waals surface area contributed by atoms with E-state index in [4.69, 9.17) is 24.2 Å². The van der Waals surface area contributed by atoms with Gasteiger partial charge in [0.25, 0.3) is 11.8 Å². The Bertz CT molecular complexity index is 1860. The lowest BCUT2D eigenvalue weighted by Gasteiger charge is -2.28. The molecule has 11 heteroatoms. The van der Waals surface area contributed by atoms with Crippen molar-refractivity contribution >= 4 is 34.2 Å². The summed E-state index contributed by atoms with van der Waals surface area (Å²) in [6.45, 7) is 2.94. The van der Waals surface area contributed by atoms with E-state index in [1.165, 1.54) is 4.90 Å². The van der Waals surface area contributed by atoms with Gasteiger partial charge in [-0.05, 0) is 49.1 Å². The summed E-state index contributed by atoms with van der Waals surface area (Å²) in [4.78, 5) is 39.3. The lowest BCUT2D eigenvalue weighted by Crippen LogP contribution is -2.36. The van der Waals surface area contributed by atoms with Crippen LogP contribution in [0.15, 0.2) is 79.3 Å². The molecule has 2 aliphatic heterocycles. The van der Waals surface area contributed by atoms with Gasteiger partial charge in [-0.3, -0.25) is 24.2 Å². The van der Waals surface area contributed by atoms with Gasteiger partial charge in [0.2, 0.25) is 0 Å². The van der Waals surface area contributed by atoms with Gasteiger partial charge in [0, 0.05) is 74.2 Å². The molecule has 0 saturated carbocycles. The van der Waals surface area contributed by atoms with E-state index in [1.54, 1.807) is 50.7 Å². The summed E-state index contributed by atoms with van der Waals surface area (Å²) in [6, 6.07) is 18.3. The SMILES string of the molecule is COc1cc(OC)cc(N(CCN2C(=O)c3ccccc3C2=O)c2ccc3ncc(-c4cnn(CC5CCOCC5)c4)nc3c2)c1. The summed E-state index contributed by atoms with van der Waals surface area (Å²) in [6.07, 6.45) is 7.69. The second kappa shape index (κ2) is 12.6. The number of carbonyl (C=O) groups excluding carboxylic acids is 2. The maximum atomic E-state index is 13.2. The van der Waals surface area contributed by atoms with Crippen LogP contribution in [0.5, 0.6) is 11.5 Å². The topological polar surface area (TPSA) is 112 Å². The Morgan fingerprint density at radius 2 is 1.59 bits per heavy atom.